The Morgan fingerprint density at radius 3 is 2.68 bits per heavy atom. The zero-order valence-electron chi connectivity index (χ0n) is 11.8. The summed E-state index contributed by atoms with van der Waals surface area (Å²) in [6.07, 6.45) is 0. The second-order valence-electron chi connectivity index (χ2n) is 4.27. The van der Waals surface area contributed by atoms with Crippen molar-refractivity contribution in [2.75, 3.05) is 13.7 Å². The van der Waals surface area contributed by atoms with Crippen molar-refractivity contribution in [2.45, 2.75) is 6.54 Å². The van der Waals surface area contributed by atoms with Crippen LogP contribution < -0.4 is 10.1 Å². The molecule has 0 aliphatic heterocycles. The molecule has 1 aromatic carbocycles. The minimum absolute atomic E-state index is 0.297. The van der Waals surface area contributed by atoms with Gasteiger partial charge < -0.3 is 14.8 Å². The highest BCUT2D eigenvalue weighted by Crippen LogP contribution is 2.22. The summed E-state index contributed by atoms with van der Waals surface area (Å²) in [5.74, 6) is -0.265. The molecule has 0 saturated heterocycles. The number of rotatable bonds is 6. The molecule has 0 bridgehead atoms. The molecule has 2 aromatic rings. The number of halogens is 1. The highest BCUT2D eigenvalue weighted by Gasteiger charge is 2.12. The molecular formula is C15H14ClNO4S. The first-order valence-electron chi connectivity index (χ1n) is 6.41. The average Bonchev–Trinajstić information content (AvgIpc) is 2.97. The van der Waals surface area contributed by atoms with Crippen LogP contribution >= 0.6 is 22.9 Å². The molecule has 1 amide bonds. The number of benzene rings is 1. The van der Waals surface area contributed by atoms with Gasteiger partial charge in [0.15, 0.2) is 6.61 Å². The number of methoxy groups -OCH3 is 1. The molecule has 0 aliphatic carbocycles. The molecule has 22 heavy (non-hydrogen) atoms. The third-order valence-electron chi connectivity index (χ3n) is 2.78. The van der Waals surface area contributed by atoms with E-state index < -0.39 is 5.97 Å². The Morgan fingerprint density at radius 2 is 2.00 bits per heavy atom. The van der Waals surface area contributed by atoms with E-state index >= 15 is 0 Å². The van der Waals surface area contributed by atoms with Gasteiger partial charge in [0.1, 0.15) is 10.6 Å². The maximum Gasteiger partial charge on any atom is 0.348 e. The monoisotopic (exact) mass is 339 g/mol. The predicted octanol–water partition coefficient (Wildman–Crippen LogP) is 2.88. The van der Waals surface area contributed by atoms with E-state index in [9.17, 15) is 9.59 Å². The van der Waals surface area contributed by atoms with E-state index in [1.807, 2.05) is 24.3 Å². The van der Waals surface area contributed by atoms with Crippen molar-refractivity contribution in [3.8, 4) is 5.75 Å². The molecule has 0 radical (unpaired) electrons. The fraction of sp³-hybridized carbons (Fsp3) is 0.200. The molecule has 0 unspecified atom stereocenters. The summed E-state index contributed by atoms with van der Waals surface area (Å²) in [4.78, 5) is 23.7. The molecule has 0 spiro atoms. The summed E-state index contributed by atoms with van der Waals surface area (Å²) >= 11 is 6.84. The van der Waals surface area contributed by atoms with Crippen LogP contribution in [0.15, 0.2) is 36.4 Å². The summed E-state index contributed by atoms with van der Waals surface area (Å²) in [5, 5.41) is 2.67. The Labute approximate surface area is 136 Å². The topological polar surface area (TPSA) is 64.6 Å². The normalized spacial score (nSPS) is 10.1. The quantitative estimate of drug-likeness (QED) is 0.822. The Morgan fingerprint density at radius 1 is 1.23 bits per heavy atom. The molecule has 1 N–H and O–H groups in total. The van der Waals surface area contributed by atoms with Gasteiger partial charge in [-0.2, -0.15) is 0 Å². The van der Waals surface area contributed by atoms with Gasteiger partial charge in [-0.25, -0.2) is 4.79 Å². The fourth-order valence-corrected chi connectivity index (χ4v) is 2.66. The number of hydrogen-bond donors (Lipinski definition) is 1. The minimum atomic E-state index is -0.565. The van der Waals surface area contributed by atoms with Crippen LogP contribution in [0.3, 0.4) is 0 Å². The Bertz CT molecular complexity index is 671. The van der Waals surface area contributed by atoms with Gasteiger partial charge in [-0.1, -0.05) is 29.8 Å². The van der Waals surface area contributed by atoms with E-state index in [2.05, 4.69) is 5.32 Å². The van der Waals surface area contributed by atoms with Crippen LogP contribution in [0.2, 0.25) is 4.34 Å². The first kappa shape index (κ1) is 16.3. The van der Waals surface area contributed by atoms with Crippen LogP contribution in [0.1, 0.15) is 15.2 Å². The number of hydrogen-bond acceptors (Lipinski definition) is 5. The van der Waals surface area contributed by atoms with Crippen LogP contribution in [-0.2, 0) is 16.1 Å². The van der Waals surface area contributed by atoms with Gasteiger partial charge >= 0.3 is 5.97 Å². The SMILES string of the molecule is COc1ccccc1CNC(=O)COC(=O)c1ccc(Cl)s1. The lowest BCUT2D eigenvalue weighted by atomic mass is 10.2. The highest BCUT2D eigenvalue weighted by atomic mass is 35.5. The van der Waals surface area contributed by atoms with Crippen LogP contribution in [0, 0.1) is 0 Å². The third kappa shape index (κ3) is 4.47. The number of amides is 1. The molecule has 5 nitrogen and oxygen atoms in total. The first-order chi connectivity index (χ1) is 10.6. The third-order valence-corrected chi connectivity index (χ3v) is 3.99. The van der Waals surface area contributed by atoms with Crippen LogP contribution in [0.4, 0.5) is 0 Å². The number of carbonyl (C=O) groups is 2. The molecule has 0 atom stereocenters. The molecule has 1 heterocycles. The van der Waals surface area contributed by atoms with Crippen LogP contribution in [0.5, 0.6) is 5.75 Å². The second-order valence-corrected chi connectivity index (χ2v) is 5.98. The minimum Gasteiger partial charge on any atom is -0.496 e. The van der Waals surface area contributed by atoms with E-state index in [1.54, 1.807) is 19.2 Å². The molecule has 116 valence electrons. The van der Waals surface area contributed by atoms with E-state index in [0.29, 0.717) is 21.5 Å². The van der Waals surface area contributed by atoms with Gasteiger partial charge in [0, 0.05) is 12.1 Å². The number of nitrogens with one attached hydrogen (secondary N) is 1. The van der Waals surface area contributed by atoms with Crippen molar-refractivity contribution >= 4 is 34.8 Å². The van der Waals surface area contributed by atoms with Crippen LogP contribution in [-0.4, -0.2) is 25.6 Å². The zero-order chi connectivity index (χ0) is 15.9. The summed E-state index contributed by atoms with van der Waals surface area (Å²) < 4.78 is 10.6. The van der Waals surface area contributed by atoms with Gasteiger partial charge in [-0.3, -0.25) is 4.79 Å². The van der Waals surface area contributed by atoms with Crippen molar-refractivity contribution in [2.24, 2.45) is 0 Å². The van der Waals surface area contributed by atoms with Crippen molar-refractivity contribution in [3.63, 3.8) is 0 Å². The molecular weight excluding hydrogens is 326 g/mol. The maximum absolute atomic E-state index is 11.7. The smallest absolute Gasteiger partial charge is 0.348 e. The lowest BCUT2D eigenvalue weighted by Gasteiger charge is -2.09. The van der Waals surface area contributed by atoms with Gasteiger partial charge in [-0.15, -0.1) is 11.3 Å². The largest absolute Gasteiger partial charge is 0.496 e. The average molecular weight is 340 g/mol. The van der Waals surface area contributed by atoms with E-state index in [1.165, 1.54) is 0 Å². The summed E-state index contributed by atoms with van der Waals surface area (Å²) in [6.45, 7) is -0.0469. The van der Waals surface area contributed by atoms with Gasteiger partial charge in [0.25, 0.3) is 5.91 Å². The number of para-hydroxylation sites is 1. The zero-order valence-corrected chi connectivity index (χ0v) is 13.4. The Hall–Kier alpha value is -2.05. The highest BCUT2D eigenvalue weighted by molar-refractivity contribution is 7.17. The predicted molar refractivity (Wildman–Crippen MR) is 84.5 cm³/mol. The molecule has 1 aromatic heterocycles. The van der Waals surface area contributed by atoms with Crippen molar-refractivity contribution in [1.82, 2.24) is 5.32 Å². The van der Waals surface area contributed by atoms with Crippen LogP contribution in [0.25, 0.3) is 0 Å². The van der Waals surface area contributed by atoms with Crippen molar-refractivity contribution in [3.05, 3.63) is 51.2 Å². The van der Waals surface area contributed by atoms with Gasteiger partial charge in [-0.05, 0) is 18.2 Å². The van der Waals surface area contributed by atoms with E-state index in [-0.39, 0.29) is 12.5 Å². The van der Waals surface area contributed by atoms with Crippen molar-refractivity contribution in [1.29, 1.82) is 0 Å². The number of thiophene rings is 1. The number of esters is 1. The summed E-state index contributed by atoms with van der Waals surface area (Å²) in [6, 6.07) is 10.5. The van der Waals surface area contributed by atoms with E-state index in [4.69, 9.17) is 21.1 Å². The number of carbonyl (C=O) groups excluding carboxylic acids is 2. The first-order valence-corrected chi connectivity index (χ1v) is 7.60. The number of ether oxygens (including phenoxy) is 2. The van der Waals surface area contributed by atoms with Crippen molar-refractivity contribution < 1.29 is 19.1 Å². The molecule has 7 heteroatoms. The Kier molecular flexibility index (Phi) is 5.80. The molecule has 0 aliphatic rings. The van der Waals surface area contributed by atoms with E-state index in [0.717, 1.165) is 16.9 Å². The lowest BCUT2D eigenvalue weighted by molar-refractivity contribution is -0.124. The molecule has 0 fully saturated rings. The van der Waals surface area contributed by atoms with Gasteiger partial charge in [0.2, 0.25) is 0 Å². The maximum atomic E-state index is 11.7. The standard InChI is InChI=1S/C15H14ClNO4S/c1-20-11-5-3-2-4-10(11)8-17-14(18)9-21-15(19)12-6-7-13(16)22-12/h2-7H,8-9H2,1H3,(H,17,18). The second kappa shape index (κ2) is 7.82. The lowest BCUT2D eigenvalue weighted by Crippen LogP contribution is -2.28. The summed E-state index contributed by atoms with van der Waals surface area (Å²) in [5.41, 5.74) is 0.842. The fourth-order valence-electron chi connectivity index (χ4n) is 1.72. The molecule has 0 saturated carbocycles. The Balaban J connectivity index is 1.80. The summed E-state index contributed by atoms with van der Waals surface area (Å²) in [7, 11) is 1.56. The van der Waals surface area contributed by atoms with Gasteiger partial charge in [0.05, 0.1) is 11.4 Å². The molecule has 2 rings (SSSR count).